The molecule has 5 nitrogen and oxygen atoms in total. The Labute approximate surface area is 138 Å². The van der Waals surface area contributed by atoms with E-state index >= 15 is 0 Å². The summed E-state index contributed by atoms with van der Waals surface area (Å²) in [6.07, 6.45) is 2.48. The molecule has 1 aromatic rings. The molecule has 23 heavy (non-hydrogen) atoms. The molecule has 0 aromatic heterocycles. The van der Waals surface area contributed by atoms with Crippen LogP contribution in [0.4, 0.5) is 4.79 Å². The van der Waals surface area contributed by atoms with E-state index in [1.165, 1.54) is 4.90 Å². The first-order chi connectivity index (χ1) is 11.1. The minimum absolute atomic E-state index is 0.0109. The summed E-state index contributed by atoms with van der Waals surface area (Å²) in [7, 11) is 1.71. The molecule has 5 heteroatoms. The lowest BCUT2D eigenvalue weighted by atomic mass is 9.89. The van der Waals surface area contributed by atoms with Gasteiger partial charge in [-0.25, -0.2) is 4.79 Å². The number of nitrogens with one attached hydrogen (secondary N) is 1. The maximum Gasteiger partial charge on any atom is 0.317 e. The van der Waals surface area contributed by atoms with Gasteiger partial charge in [0.2, 0.25) is 0 Å². The smallest absolute Gasteiger partial charge is 0.317 e. The van der Waals surface area contributed by atoms with E-state index in [4.69, 9.17) is 4.74 Å². The number of aliphatic hydroxyl groups excluding tert-OH is 1. The van der Waals surface area contributed by atoms with E-state index in [9.17, 15) is 9.90 Å². The molecule has 1 saturated heterocycles. The average molecular weight is 320 g/mol. The Kier molecular flexibility index (Phi) is 6.86. The van der Waals surface area contributed by atoms with Crippen LogP contribution < -0.4 is 5.32 Å². The molecule has 2 amide bonds. The lowest BCUT2D eigenvalue weighted by Gasteiger charge is -2.29. The highest BCUT2D eigenvalue weighted by atomic mass is 16.5. The number of urea groups is 1. The highest BCUT2D eigenvalue weighted by Crippen LogP contribution is 2.27. The van der Waals surface area contributed by atoms with Crippen molar-refractivity contribution >= 4 is 6.03 Å². The van der Waals surface area contributed by atoms with Crippen molar-refractivity contribution in [2.75, 3.05) is 26.8 Å². The van der Waals surface area contributed by atoms with Gasteiger partial charge in [0.25, 0.3) is 0 Å². The zero-order chi connectivity index (χ0) is 16.7. The van der Waals surface area contributed by atoms with Crippen LogP contribution in [-0.2, 0) is 4.74 Å². The van der Waals surface area contributed by atoms with Gasteiger partial charge in [0.05, 0.1) is 12.1 Å². The third kappa shape index (κ3) is 5.84. The van der Waals surface area contributed by atoms with Gasteiger partial charge in [-0.1, -0.05) is 30.3 Å². The van der Waals surface area contributed by atoms with Crippen LogP contribution in [0.5, 0.6) is 0 Å². The first kappa shape index (κ1) is 17.8. The molecule has 2 N–H and O–H groups in total. The quantitative estimate of drug-likeness (QED) is 0.847. The number of ether oxygens (including phenoxy) is 1. The van der Waals surface area contributed by atoms with Crippen LogP contribution in [-0.4, -0.2) is 48.9 Å². The highest BCUT2D eigenvalue weighted by Gasteiger charge is 2.23. The first-order valence-corrected chi connectivity index (χ1v) is 8.38. The number of benzene rings is 1. The Morgan fingerprint density at radius 3 is 2.61 bits per heavy atom. The first-order valence-electron chi connectivity index (χ1n) is 8.38. The molecule has 1 aliphatic rings. The summed E-state index contributed by atoms with van der Waals surface area (Å²) in [5, 5.41) is 12.6. The third-order valence-electron chi connectivity index (χ3n) is 4.29. The molecule has 1 aliphatic heterocycles. The number of nitrogens with zero attached hydrogens (tertiary/aromatic N) is 1. The summed E-state index contributed by atoms with van der Waals surface area (Å²) >= 11 is 0. The number of aliphatic hydroxyl groups is 1. The molecule has 1 heterocycles. The number of amides is 2. The van der Waals surface area contributed by atoms with Crippen LogP contribution >= 0.6 is 0 Å². The number of rotatable bonds is 6. The molecule has 1 fully saturated rings. The van der Waals surface area contributed by atoms with Crippen LogP contribution in [0.25, 0.3) is 0 Å². The Hall–Kier alpha value is -1.59. The van der Waals surface area contributed by atoms with Crippen LogP contribution in [0.3, 0.4) is 0 Å². The van der Waals surface area contributed by atoms with Crippen LogP contribution in [0.15, 0.2) is 30.3 Å². The maximum atomic E-state index is 12.4. The molecule has 0 aliphatic carbocycles. The van der Waals surface area contributed by atoms with Crippen LogP contribution in [0.2, 0.25) is 0 Å². The van der Waals surface area contributed by atoms with Gasteiger partial charge in [0.1, 0.15) is 0 Å². The Morgan fingerprint density at radius 1 is 1.35 bits per heavy atom. The second kappa shape index (κ2) is 8.89. The van der Waals surface area contributed by atoms with Crippen LogP contribution in [0, 0.1) is 5.92 Å². The van der Waals surface area contributed by atoms with Gasteiger partial charge in [0.15, 0.2) is 0 Å². The molecule has 0 radical (unpaired) electrons. The van der Waals surface area contributed by atoms with Gasteiger partial charge in [-0.15, -0.1) is 0 Å². The summed E-state index contributed by atoms with van der Waals surface area (Å²) in [5.41, 5.74) is 1.12. The topological polar surface area (TPSA) is 61.8 Å². The average Bonchev–Trinajstić information content (AvgIpc) is 2.55. The van der Waals surface area contributed by atoms with Crippen molar-refractivity contribution in [3.63, 3.8) is 0 Å². The van der Waals surface area contributed by atoms with Crippen molar-refractivity contribution in [3.8, 4) is 0 Å². The van der Waals surface area contributed by atoms with E-state index in [2.05, 4.69) is 17.4 Å². The minimum atomic E-state index is -0.531. The number of hydrogen-bond donors (Lipinski definition) is 2. The maximum absolute atomic E-state index is 12.4. The molecular weight excluding hydrogens is 292 g/mol. The summed E-state index contributed by atoms with van der Waals surface area (Å²) in [4.78, 5) is 13.9. The van der Waals surface area contributed by atoms with Gasteiger partial charge in [-0.2, -0.15) is 0 Å². The zero-order valence-corrected chi connectivity index (χ0v) is 14.1. The fraction of sp³-hybridized carbons (Fsp3) is 0.611. The van der Waals surface area contributed by atoms with Crippen molar-refractivity contribution in [2.45, 2.75) is 38.3 Å². The fourth-order valence-corrected chi connectivity index (χ4v) is 3.02. The molecule has 0 spiro atoms. The van der Waals surface area contributed by atoms with E-state index < -0.39 is 6.10 Å². The summed E-state index contributed by atoms with van der Waals surface area (Å²) in [6.45, 7) is 3.62. The van der Waals surface area contributed by atoms with Crippen molar-refractivity contribution in [2.24, 2.45) is 5.92 Å². The molecule has 0 saturated carbocycles. The van der Waals surface area contributed by atoms with Gasteiger partial charge in [0, 0.05) is 26.8 Å². The zero-order valence-electron chi connectivity index (χ0n) is 14.1. The third-order valence-corrected chi connectivity index (χ3v) is 4.29. The van der Waals surface area contributed by atoms with E-state index in [1.54, 1.807) is 14.0 Å². The summed E-state index contributed by atoms with van der Waals surface area (Å²) < 4.78 is 5.43. The largest absolute Gasteiger partial charge is 0.392 e. The van der Waals surface area contributed by atoms with E-state index in [0.29, 0.717) is 12.5 Å². The summed E-state index contributed by atoms with van der Waals surface area (Å²) in [5.74, 6) is 0.566. The number of likely N-dealkylation sites (N-methyl/N-ethyl adjacent to an activating group) is 1. The van der Waals surface area contributed by atoms with Crippen molar-refractivity contribution in [1.82, 2.24) is 10.2 Å². The molecule has 1 aromatic carbocycles. The van der Waals surface area contributed by atoms with Gasteiger partial charge in [-0.05, 0) is 37.7 Å². The predicted molar refractivity (Wildman–Crippen MR) is 90.2 cm³/mol. The van der Waals surface area contributed by atoms with Crippen molar-refractivity contribution in [1.29, 1.82) is 0 Å². The number of carbonyl (C=O) groups is 1. The SMILES string of the molecule is CC(O)CN(C)C(=O)NC(CC1CCOCC1)c1ccccc1. The fourth-order valence-electron chi connectivity index (χ4n) is 3.02. The number of carbonyl (C=O) groups excluding carboxylic acids is 1. The van der Waals surface area contributed by atoms with Gasteiger partial charge >= 0.3 is 6.03 Å². The normalized spacial score (nSPS) is 18.2. The lowest BCUT2D eigenvalue weighted by molar-refractivity contribution is 0.0605. The van der Waals surface area contributed by atoms with Gasteiger partial charge in [-0.3, -0.25) is 0 Å². The Balaban J connectivity index is 2.02. The van der Waals surface area contributed by atoms with Gasteiger partial charge < -0.3 is 20.1 Å². The number of hydrogen-bond acceptors (Lipinski definition) is 3. The molecule has 2 rings (SSSR count). The summed E-state index contributed by atoms with van der Waals surface area (Å²) in [6, 6.07) is 9.93. The van der Waals surface area contributed by atoms with Crippen molar-refractivity contribution < 1.29 is 14.6 Å². The molecular formula is C18H28N2O3. The van der Waals surface area contributed by atoms with Crippen molar-refractivity contribution in [3.05, 3.63) is 35.9 Å². The lowest BCUT2D eigenvalue weighted by Crippen LogP contribution is -2.42. The van der Waals surface area contributed by atoms with E-state index in [-0.39, 0.29) is 12.1 Å². The molecule has 128 valence electrons. The Bertz CT molecular complexity index is 472. The standard InChI is InChI=1S/C18H28N2O3/c1-14(21)13-20(2)18(22)19-17(16-6-4-3-5-7-16)12-15-8-10-23-11-9-15/h3-7,14-15,17,21H,8-13H2,1-2H3,(H,19,22). The van der Waals surface area contributed by atoms with E-state index in [1.807, 2.05) is 18.2 Å². The monoisotopic (exact) mass is 320 g/mol. The Morgan fingerprint density at radius 2 is 2.00 bits per heavy atom. The second-order valence-electron chi connectivity index (χ2n) is 6.43. The van der Waals surface area contributed by atoms with Crippen LogP contribution in [0.1, 0.15) is 37.8 Å². The predicted octanol–water partition coefficient (Wildman–Crippen LogP) is 2.57. The minimum Gasteiger partial charge on any atom is -0.392 e. The highest BCUT2D eigenvalue weighted by molar-refractivity contribution is 5.74. The molecule has 0 bridgehead atoms. The van der Waals surface area contributed by atoms with E-state index in [0.717, 1.165) is 38.0 Å². The molecule has 2 atom stereocenters. The second-order valence-corrected chi connectivity index (χ2v) is 6.43. The molecule has 2 unspecified atom stereocenters.